The van der Waals surface area contributed by atoms with Crippen molar-refractivity contribution in [3.05, 3.63) is 35.9 Å². The van der Waals surface area contributed by atoms with Gasteiger partial charge >= 0.3 is 11.9 Å². The zero-order valence-corrected chi connectivity index (χ0v) is 19.0. The third kappa shape index (κ3) is 4.58. The molecule has 0 spiro atoms. The maximum Gasteiger partial charge on any atom is 0.336 e. The van der Waals surface area contributed by atoms with Crippen molar-refractivity contribution in [3.63, 3.8) is 0 Å². The van der Waals surface area contributed by atoms with Crippen LogP contribution in [0.2, 0.25) is 0 Å². The van der Waals surface area contributed by atoms with E-state index in [0.717, 1.165) is 48.6 Å². The molecule has 0 radical (unpaired) electrons. The largest absolute Gasteiger partial charge is 0.478 e. The lowest BCUT2D eigenvalue weighted by Gasteiger charge is -2.35. The average molecular weight is 466 g/mol. The minimum atomic E-state index is -1.26. The fraction of sp³-hybridized carbons (Fsp3) is 0.435. The Morgan fingerprint density at radius 3 is 2.85 bits per heavy atom. The van der Waals surface area contributed by atoms with Crippen LogP contribution in [-0.2, 0) is 19.1 Å². The van der Waals surface area contributed by atoms with Crippen molar-refractivity contribution in [2.45, 2.75) is 32.3 Å². The summed E-state index contributed by atoms with van der Waals surface area (Å²) in [6.07, 6.45) is 6.06. The second-order valence-electron chi connectivity index (χ2n) is 8.23. The van der Waals surface area contributed by atoms with E-state index >= 15 is 0 Å². The Labute approximate surface area is 195 Å². The van der Waals surface area contributed by atoms with Crippen LogP contribution in [0.5, 0.6) is 0 Å². The van der Waals surface area contributed by atoms with Gasteiger partial charge in [0, 0.05) is 37.2 Å². The van der Waals surface area contributed by atoms with Crippen molar-refractivity contribution >= 4 is 34.0 Å². The number of nitriles is 1. The molecular formula is C23H26N6O5. The third-order valence-corrected chi connectivity index (χ3v) is 6.05. The Bertz CT molecular complexity index is 1280. The molecule has 11 heteroatoms. The standard InChI is InChI=1S/C23H26N6O5/c1-14(34-13-16(11-19(30)31)23(32)33-2)22-27-18-12-26-21-17(4-8-25-21)20(18)29(22)28-9-5-15(3-7-24)6-10-28/h4,8,11-12,14-15H,3,5-6,9-10,13H2,1-2H3,(H,25,26)(H,30,31)/b16-11+/t14-/m1/s1. The van der Waals surface area contributed by atoms with Crippen LogP contribution in [0.1, 0.15) is 38.1 Å². The number of hydrogen-bond donors (Lipinski definition) is 2. The summed E-state index contributed by atoms with van der Waals surface area (Å²) >= 11 is 0. The number of piperidine rings is 1. The zero-order valence-electron chi connectivity index (χ0n) is 19.0. The van der Waals surface area contributed by atoms with E-state index < -0.39 is 18.0 Å². The van der Waals surface area contributed by atoms with E-state index in [1.54, 1.807) is 13.1 Å². The number of aliphatic carboxylic acids is 1. The molecule has 0 aromatic carbocycles. The molecule has 0 unspecified atom stereocenters. The number of esters is 1. The number of fused-ring (bicyclic) bond motifs is 3. The smallest absolute Gasteiger partial charge is 0.336 e. The molecule has 3 aromatic rings. The van der Waals surface area contributed by atoms with E-state index in [2.05, 4.69) is 25.8 Å². The Balaban J connectivity index is 1.69. The van der Waals surface area contributed by atoms with Crippen molar-refractivity contribution in [1.82, 2.24) is 19.6 Å². The maximum absolute atomic E-state index is 12.0. The molecule has 0 amide bonds. The number of aromatic nitrogens is 4. The van der Waals surface area contributed by atoms with E-state index in [0.29, 0.717) is 23.7 Å². The second kappa shape index (κ2) is 9.93. The third-order valence-electron chi connectivity index (χ3n) is 6.05. The molecule has 11 nitrogen and oxygen atoms in total. The van der Waals surface area contributed by atoms with Crippen molar-refractivity contribution in [2.24, 2.45) is 5.92 Å². The first kappa shape index (κ1) is 23.3. The van der Waals surface area contributed by atoms with Crippen molar-refractivity contribution in [3.8, 4) is 6.07 Å². The van der Waals surface area contributed by atoms with Gasteiger partial charge in [0.2, 0.25) is 0 Å². The van der Waals surface area contributed by atoms with Crippen LogP contribution in [0.25, 0.3) is 22.1 Å². The van der Waals surface area contributed by atoms with E-state index in [4.69, 9.17) is 20.1 Å². The molecule has 2 N–H and O–H groups in total. The van der Waals surface area contributed by atoms with Gasteiger partial charge in [-0.05, 0) is 31.7 Å². The number of nitrogens with one attached hydrogen (secondary N) is 1. The maximum atomic E-state index is 12.0. The summed E-state index contributed by atoms with van der Waals surface area (Å²) in [5.41, 5.74) is 2.23. The highest BCUT2D eigenvalue weighted by Crippen LogP contribution is 2.30. The van der Waals surface area contributed by atoms with Crippen LogP contribution in [-0.4, -0.2) is 63.5 Å². The molecule has 3 aromatic heterocycles. The number of carbonyl (C=O) groups is 2. The summed E-state index contributed by atoms with van der Waals surface area (Å²) < 4.78 is 12.6. The van der Waals surface area contributed by atoms with E-state index in [1.165, 1.54) is 7.11 Å². The van der Waals surface area contributed by atoms with Crippen molar-refractivity contribution in [1.29, 1.82) is 5.26 Å². The highest BCUT2D eigenvalue weighted by atomic mass is 16.5. The monoisotopic (exact) mass is 466 g/mol. The lowest BCUT2D eigenvalue weighted by atomic mass is 9.95. The number of aromatic amines is 1. The fourth-order valence-electron chi connectivity index (χ4n) is 4.30. The zero-order chi connectivity index (χ0) is 24.2. The molecule has 0 saturated carbocycles. The number of hydrogen-bond acceptors (Lipinski definition) is 8. The molecule has 34 heavy (non-hydrogen) atoms. The van der Waals surface area contributed by atoms with Crippen molar-refractivity contribution < 1.29 is 24.2 Å². The molecule has 0 aliphatic carbocycles. The first-order valence-corrected chi connectivity index (χ1v) is 11.0. The molecule has 4 rings (SSSR count). The van der Waals surface area contributed by atoms with Gasteiger partial charge in [-0.15, -0.1) is 0 Å². The number of carbonyl (C=O) groups excluding carboxylic acids is 1. The summed E-state index contributed by atoms with van der Waals surface area (Å²) in [6, 6.07) is 4.22. The lowest BCUT2D eigenvalue weighted by molar-refractivity contribution is -0.138. The number of ether oxygens (including phenoxy) is 2. The number of carboxylic acid groups (broad SMARTS) is 1. The van der Waals surface area contributed by atoms with E-state index in [9.17, 15) is 9.59 Å². The van der Waals surface area contributed by atoms with Gasteiger partial charge in [-0.3, -0.25) is 0 Å². The van der Waals surface area contributed by atoms with Gasteiger partial charge in [-0.25, -0.2) is 24.2 Å². The average Bonchev–Trinajstić information content (AvgIpc) is 3.46. The molecule has 0 bridgehead atoms. The van der Waals surface area contributed by atoms with Gasteiger partial charge in [0.15, 0.2) is 5.82 Å². The summed E-state index contributed by atoms with van der Waals surface area (Å²) in [6.45, 7) is 3.05. The Hall–Kier alpha value is -3.91. The minimum Gasteiger partial charge on any atom is -0.478 e. The normalized spacial score (nSPS) is 16.0. The van der Waals surface area contributed by atoms with Crippen LogP contribution in [0.4, 0.5) is 0 Å². The number of H-pyrrole nitrogens is 1. The molecule has 4 heterocycles. The predicted octanol–water partition coefficient (Wildman–Crippen LogP) is 2.44. The van der Waals surface area contributed by atoms with E-state index in [1.807, 2.05) is 16.9 Å². The quantitative estimate of drug-likeness (QED) is 0.377. The molecule has 1 aliphatic rings. The summed E-state index contributed by atoms with van der Waals surface area (Å²) in [5.74, 6) is -1.04. The molecule has 1 aliphatic heterocycles. The van der Waals surface area contributed by atoms with Gasteiger partial charge < -0.3 is 24.6 Å². The summed E-state index contributed by atoms with van der Waals surface area (Å²) in [5, 5.41) is 21.2. The number of methoxy groups -OCH3 is 1. The Morgan fingerprint density at radius 2 is 2.18 bits per heavy atom. The number of nitrogens with zero attached hydrogens (tertiary/aromatic N) is 5. The molecular weight excluding hydrogens is 440 g/mol. The number of pyridine rings is 1. The highest BCUT2D eigenvalue weighted by Gasteiger charge is 2.27. The minimum absolute atomic E-state index is 0.100. The molecule has 178 valence electrons. The predicted molar refractivity (Wildman–Crippen MR) is 122 cm³/mol. The summed E-state index contributed by atoms with van der Waals surface area (Å²) in [7, 11) is 1.19. The van der Waals surface area contributed by atoms with Gasteiger partial charge in [-0.1, -0.05) is 0 Å². The highest BCUT2D eigenvalue weighted by molar-refractivity contribution is 6.01. The van der Waals surface area contributed by atoms with Gasteiger partial charge in [0.1, 0.15) is 22.8 Å². The van der Waals surface area contributed by atoms with E-state index in [-0.39, 0.29) is 12.2 Å². The fourth-order valence-corrected chi connectivity index (χ4v) is 4.30. The van der Waals surface area contributed by atoms with Gasteiger partial charge in [0.05, 0.1) is 31.6 Å². The first-order chi connectivity index (χ1) is 16.4. The molecule has 1 saturated heterocycles. The lowest BCUT2D eigenvalue weighted by Crippen LogP contribution is -2.43. The molecule has 1 fully saturated rings. The topological polar surface area (TPSA) is 146 Å². The van der Waals surface area contributed by atoms with Gasteiger partial charge in [-0.2, -0.15) is 5.26 Å². The van der Waals surface area contributed by atoms with Crippen molar-refractivity contribution in [2.75, 3.05) is 31.8 Å². The van der Waals surface area contributed by atoms with Crippen LogP contribution >= 0.6 is 0 Å². The van der Waals surface area contributed by atoms with Crippen LogP contribution in [0.15, 0.2) is 30.1 Å². The second-order valence-corrected chi connectivity index (χ2v) is 8.23. The van der Waals surface area contributed by atoms with Crippen LogP contribution in [0.3, 0.4) is 0 Å². The van der Waals surface area contributed by atoms with Crippen LogP contribution in [0, 0.1) is 17.2 Å². The number of carboxylic acids is 1. The van der Waals surface area contributed by atoms with Crippen LogP contribution < -0.4 is 5.01 Å². The Kier molecular flexibility index (Phi) is 6.79. The SMILES string of the molecule is COC(=O)/C(=C/C(=O)O)CO[C@H](C)c1nc2cnc3[nH]ccc3c2n1N1CCC(CC#N)CC1. The van der Waals surface area contributed by atoms with Gasteiger partial charge in [0.25, 0.3) is 0 Å². The molecule has 1 atom stereocenters. The first-order valence-electron chi connectivity index (χ1n) is 11.0. The summed E-state index contributed by atoms with van der Waals surface area (Å²) in [4.78, 5) is 35.4. The number of imidazole rings is 1. The number of rotatable bonds is 8. The Morgan fingerprint density at radius 1 is 1.41 bits per heavy atom.